The van der Waals surface area contributed by atoms with Gasteiger partial charge in [-0.3, -0.25) is 0 Å². The van der Waals surface area contributed by atoms with Crippen LogP contribution in [0.1, 0.15) is 43.4 Å². The van der Waals surface area contributed by atoms with Gasteiger partial charge in [0.05, 0.1) is 6.04 Å². The first-order valence-electron chi connectivity index (χ1n) is 7.34. The van der Waals surface area contributed by atoms with Gasteiger partial charge in [0.25, 0.3) is 0 Å². The van der Waals surface area contributed by atoms with Crippen LogP contribution in [0, 0.1) is 5.82 Å². The standard InChI is InChI=1S/C18H22FNO/c1-3-13(2)16-6-4-5-7-18(16)21-12-17(20)14-8-10-15(19)11-9-14/h4-11,13,17H,3,12,20H2,1-2H3. The highest BCUT2D eigenvalue weighted by atomic mass is 19.1. The summed E-state index contributed by atoms with van der Waals surface area (Å²) in [6.07, 6.45) is 1.06. The first-order chi connectivity index (χ1) is 10.1. The van der Waals surface area contributed by atoms with E-state index in [0.29, 0.717) is 12.5 Å². The molecule has 0 bridgehead atoms. The Morgan fingerprint density at radius 1 is 1.10 bits per heavy atom. The number of hydrogen-bond acceptors (Lipinski definition) is 2. The van der Waals surface area contributed by atoms with Crippen LogP contribution in [-0.4, -0.2) is 6.61 Å². The van der Waals surface area contributed by atoms with Gasteiger partial charge in [-0.15, -0.1) is 0 Å². The molecule has 2 N–H and O–H groups in total. The molecule has 0 amide bonds. The summed E-state index contributed by atoms with van der Waals surface area (Å²) in [7, 11) is 0. The summed E-state index contributed by atoms with van der Waals surface area (Å²) in [5.74, 6) is 1.07. The molecule has 0 aromatic heterocycles. The predicted molar refractivity (Wildman–Crippen MR) is 84.0 cm³/mol. The van der Waals surface area contributed by atoms with E-state index >= 15 is 0 Å². The molecule has 0 aliphatic rings. The van der Waals surface area contributed by atoms with Gasteiger partial charge >= 0.3 is 0 Å². The summed E-state index contributed by atoms with van der Waals surface area (Å²) in [5, 5.41) is 0. The van der Waals surface area contributed by atoms with Crippen molar-refractivity contribution in [1.82, 2.24) is 0 Å². The maximum atomic E-state index is 12.9. The van der Waals surface area contributed by atoms with Gasteiger partial charge in [-0.05, 0) is 41.7 Å². The van der Waals surface area contributed by atoms with Crippen LogP contribution in [0.5, 0.6) is 5.75 Å². The molecule has 3 heteroatoms. The lowest BCUT2D eigenvalue weighted by Crippen LogP contribution is -2.19. The fourth-order valence-corrected chi connectivity index (χ4v) is 2.22. The molecule has 0 radical (unpaired) electrons. The minimum Gasteiger partial charge on any atom is -0.491 e. The lowest BCUT2D eigenvalue weighted by molar-refractivity contribution is 0.286. The normalized spacial score (nSPS) is 13.7. The number of hydrogen-bond donors (Lipinski definition) is 1. The summed E-state index contributed by atoms with van der Waals surface area (Å²) in [6.45, 7) is 4.72. The van der Waals surface area contributed by atoms with Crippen LogP contribution >= 0.6 is 0 Å². The van der Waals surface area contributed by atoms with Gasteiger partial charge in [-0.1, -0.05) is 44.2 Å². The Hall–Kier alpha value is -1.87. The third kappa shape index (κ3) is 4.05. The Morgan fingerprint density at radius 3 is 2.43 bits per heavy atom. The molecular formula is C18H22FNO. The third-order valence-electron chi connectivity index (χ3n) is 3.78. The van der Waals surface area contributed by atoms with Crippen molar-refractivity contribution in [2.75, 3.05) is 6.61 Å². The van der Waals surface area contributed by atoms with Crippen molar-refractivity contribution < 1.29 is 9.13 Å². The molecule has 2 aromatic carbocycles. The van der Waals surface area contributed by atoms with E-state index in [1.54, 1.807) is 12.1 Å². The lowest BCUT2D eigenvalue weighted by atomic mass is 9.98. The molecular weight excluding hydrogens is 265 g/mol. The predicted octanol–water partition coefficient (Wildman–Crippen LogP) is 4.42. The van der Waals surface area contributed by atoms with E-state index in [2.05, 4.69) is 19.9 Å². The van der Waals surface area contributed by atoms with E-state index in [0.717, 1.165) is 17.7 Å². The SMILES string of the molecule is CCC(C)c1ccccc1OCC(N)c1ccc(F)cc1. The molecule has 0 heterocycles. The zero-order valence-corrected chi connectivity index (χ0v) is 12.6. The van der Waals surface area contributed by atoms with Gasteiger partial charge in [0, 0.05) is 0 Å². The van der Waals surface area contributed by atoms with Crippen LogP contribution < -0.4 is 10.5 Å². The Kier molecular flexibility index (Phi) is 5.34. The first kappa shape index (κ1) is 15.5. The highest BCUT2D eigenvalue weighted by Gasteiger charge is 2.12. The van der Waals surface area contributed by atoms with E-state index in [-0.39, 0.29) is 11.9 Å². The minimum absolute atomic E-state index is 0.256. The van der Waals surface area contributed by atoms with Crippen molar-refractivity contribution >= 4 is 0 Å². The number of para-hydroxylation sites is 1. The summed E-state index contributed by atoms with van der Waals surface area (Å²) in [6, 6.07) is 14.0. The van der Waals surface area contributed by atoms with Crippen molar-refractivity contribution in [1.29, 1.82) is 0 Å². The molecule has 0 aliphatic carbocycles. The molecule has 2 nitrogen and oxygen atoms in total. The Bertz CT molecular complexity index is 568. The zero-order chi connectivity index (χ0) is 15.2. The first-order valence-corrected chi connectivity index (χ1v) is 7.34. The summed E-state index contributed by atoms with van der Waals surface area (Å²) < 4.78 is 18.8. The Morgan fingerprint density at radius 2 is 1.76 bits per heavy atom. The van der Waals surface area contributed by atoms with Crippen molar-refractivity contribution in [3.8, 4) is 5.75 Å². The number of rotatable bonds is 6. The molecule has 0 fully saturated rings. The molecule has 2 atom stereocenters. The maximum Gasteiger partial charge on any atom is 0.123 e. The van der Waals surface area contributed by atoms with Crippen LogP contribution in [0.25, 0.3) is 0 Å². The fraction of sp³-hybridized carbons (Fsp3) is 0.333. The van der Waals surface area contributed by atoms with E-state index in [1.165, 1.54) is 17.7 Å². The third-order valence-corrected chi connectivity index (χ3v) is 3.78. The highest BCUT2D eigenvalue weighted by Crippen LogP contribution is 2.29. The van der Waals surface area contributed by atoms with E-state index in [9.17, 15) is 4.39 Å². The molecule has 0 saturated carbocycles. The molecule has 2 aromatic rings. The second-order valence-corrected chi connectivity index (χ2v) is 5.32. The van der Waals surface area contributed by atoms with Crippen molar-refractivity contribution in [2.24, 2.45) is 5.73 Å². The van der Waals surface area contributed by atoms with Gasteiger partial charge < -0.3 is 10.5 Å². The van der Waals surface area contributed by atoms with Crippen LogP contribution in [0.15, 0.2) is 48.5 Å². The molecule has 0 saturated heterocycles. The summed E-state index contributed by atoms with van der Waals surface area (Å²) in [4.78, 5) is 0. The smallest absolute Gasteiger partial charge is 0.123 e. The summed E-state index contributed by atoms with van der Waals surface area (Å²) >= 11 is 0. The van der Waals surface area contributed by atoms with Gasteiger partial charge in [-0.25, -0.2) is 4.39 Å². The van der Waals surface area contributed by atoms with Crippen molar-refractivity contribution in [3.63, 3.8) is 0 Å². The topological polar surface area (TPSA) is 35.2 Å². The second kappa shape index (κ2) is 7.23. The van der Waals surface area contributed by atoms with Gasteiger partial charge in [-0.2, -0.15) is 0 Å². The lowest BCUT2D eigenvalue weighted by Gasteiger charge is -2.18. The van der Waals surface area contributed by atoms with Crippen LogP contribution in [0.3, 0.4) is 0 Å². The minimum atomic E-state index is -0.268. The van der Waals surface area contributed by atoms with Crippen molar-refractivity contribution in [3.05, 3.63) is 65.5 Å². The largest absolute Gasteiger partial charge is 0.491 e. The quantitative estimate of drug-likeness (QED) is 0.853. The highest BCUT2D eigenvalue weighted by molar-refractivity contribution is 5.36. The Labute approximate surface area is 125 Å². The number of ether oxygens (including phenoxy) is 1. The monoisotopic (exact) mass is 287 g/mol. The average molecular weight is 287 g/mol. The van der Waals surface area contributed by atoms with Gasteiger partial charge in [0.1, 0.15) is 18.2 Å². The van der Waals surface area contributed by atoms with Gasteiger partial charge in [0.15, 0.2) is 0 Å². The van der Waals surface area contributed by atoms with Gasteiger partial charge in [0.2, 0.25) is 0 Å². The fourth-order valence-electron chi connectivity index (χ4n) is 2.22. The average Bonchev–Trinajstić information content (AvgIpc) is 2.52. The number of nitrogens with two attached hydrogens (primary N) is 1. The van der Waals surface area contributed by atoms with E-state index in [4.69, 9.17) is 10.5 Å². The molecule has 2 rings (SSSR count). The second-order valence-electron chi connectivity index (χ2n) is 5.32. The summed E-state index contributed by atoms with van der Waals surface area (Å²) in [5.41, 5.74) is 8.18. The maximum absolute atomic E-state index is 12.9. The number of halogens is 1. The molecule has 0 spiro atoms. The zero-order valence-electron chi connectivity index (χ0n) is 12.6. The Balaban J connectivity index is 2.04. The molecule has 21 heavy (non-hydrogen) atoms. The van der Waals surface area contributed by atoms with Crippen LogP contribution in [0.4, 0.5) is 4.39 Å². The molecule has 0 aliphatic heterocycles. The van der Waals surface area contributed by atoms with Crippen molar-refractivity contribution in [2.45, 2.75) is 32.2 Å². The molecule has 2 unspecified atom stereocenters. The molecule has 112 valence electrons. The number of benzene rings is 2. The van der Waals surface area contributed by atoms with E-state index < -0.39 is 0 Å². The van der Waals surface area contributed by atoms with E-state index in [1.807, 2.05) is 18.2 Å². The van der Waals surface area contributed by atoms with Crippen LogP contribution in [-0.2, 0) is 0 Å². The van der Waals surface area contributed by atoms with Crippen LogP contribution in [0.2, 0.25) is 0 Å².